The number of benzene rings is 1. The van der Waals surface area contributed by atoms with Crippen molar-refractivity contribution in [3.63, 3.8) is 0 Å². The predicted octanol–water partition coefficient (Wildman–Crippen LogP) is 4.00. The van der Waals surface area contributed by atoms with E-state index in [0.29, 0.717) is 16.1 Å². The molecule has 0 unspecified atom stereocenters. The van der Waals surface area contributed by atoms with E-state index in [1.807, 2.05) is 6.92 Å². The number of rotatable bonds is 4. The molecule has 0 spiro atoms. The number of carbonyl (C=O) groups excluding carboxylic acids is 1. The average Bonchev–Trinajstić information content (AvgIpc) is 2.98. The number of hydrogen-bond donors (Lipinski definition) is 2. The molecule has 3 aromatic rings. The van der Waals surface area contributed by atoms with Crippen LogP contribution >= 0.6 is 11.3 Å². The van der Waals surface area contributed by atoms with Gasteiger partial charge in [0, 0.05) is 16.6 Å². The van der Waals surface area contributed by atoms with E-state index >= 15 is 0 Å². The molecule has 24 heavy (non-hydrogen) atoms. The Hall–Kier alpha value is -2.57. The van der Waals surface area contributed by atoms with Crippen LogP contribution < -0.4 is 5.32 Å². The molecular formula is C18H15FN2O2S. The smallest absolute Gasteiger partial charge is 0.265 e. The van der Waals surface area contributed by atoms with Crippen LogP contribution in [0.25, 0.3) is 11.1 Å². The molecule has 2 heterocycles. The Morgan fingerprint density at radius 3 is 2.75 bits per heavy atom. The van der Waals surface area contributed by atoms with Crippen molar-refractivity contribution in [2.45, 2.75) is 13.5 Å². The molecule has 122 valence electrons. The Bertz CT molecular complexity index is 875. The highest BCUT2D eigenvalue weighted by Crippen LogP contribution is 2.31. The summed E-state index contributed by atoms with van der Waals surface area (Å²) in [5.41, 5.74) is 2.85. The molecule has 0 atom stereocenters. The molecule has 2 aromatic heterocycles. The Morgan fingerprint density at radius 1 is 1.29 bits per heavy atom. The fourth-order valence-electron chi connectivity index (χ4n) is 2.37. The summed E-state index contributed by atoms with van der Waals surface area (Å²) in [7, 11) is 0. The molecule has 0 bridgehead atoms. The topological polar surface area (TPSA) is 62.2 Å². The number of nitrogens with zero attached hydrogens (tertiary/aromatic N) is 1. The van der Waals surface area contributed by atoms with Crippen molar-refractivity contribution in [1.82, 2.24) is 4.98 Å². The number of halogens is 1. The number of carbonyl (C=O) groups is 1. The molecule has 0 aliphatic carbocycles. The van der Waals surface area contributed by atoms with Gasteiger partial charge < -0.3 is 10.4 Å². The summed E-state index contributed by atoms with van der Waals surface area (Å²) in [6, 6.07) is 9.62. The van der Waals surface area contributed by atoms with Gasteiger partial charge in [0.15, 0.2) is 0 Å². The van der Waals surface area contributed by atoms with Crippen molar-refractivity contribution in [2.75, 3.05) is 5.32 Å². The first-order valence-electron chi connectivity index (χ1n) is 7.30. The normalized spacial score (nSPS) is 10.6. The molecule has 0 aliphatic heterocycles. The molecule has 6 heteroatoms. The first-order chi connectivity index (χ1) is 11.6. The van der Waals surface area contributed by atoms with Gasteiger partial charge in [0.05, 0.1) is 23.4 Å². The number of pyridine rings is 1. The first kappa shape index (κ1) is 16.3. The van der Waals surface area contributed by atoms with E-state index < -0.39 is 0 Å². The van der Waals surface area contributed by atoms with Crippen LogP contribution in [0.5, 0.6) is 0 Å². The Labute approximate surface area is 142 Å². The number of thiophene rings is 1. The second-order valence-electron chi connectivity index (χ2n) is 5.23. The van der Waals surface area contributed by atoms with Gasteiger partial charge >= 0.3 is 0 Å². The van der Waals surface area contributed by atoms with Gasteiger partial charge in [0.25, 0.3) is 5.91 Å². The lowest BCUT2D eigenvalue weighted by Crippen LogP contribution is -2.12. The van der Waals surface area contributed by atoms with E-state index in [1.165, 1.54) is 29.7 Å². The summed E-state index contributed by atoms with van der Waals surface area (Å²) >= 11 is 1.37. The quantitative estimate of drug-likeness (QED) is 0.753. The van der Waals surface area contributed by atoms with Crippen LogP contribution in [0.15, 0.2) is 48.8 Å². The van der Waals surface area contributed by atoms with E-state index in [2.05, 4.69) is 10.3 Å². The van der Waals surface area contributed by atoms with Crippen LogP contribution in [0, 0.1) is 12.7 Å². The van der Waals surface area contributed by atoms with Gasteiger partial charge in [-0.25, -0.2) is 4.39 Å². The summed E-state index contributed by atoms with van der Waals surface area (Å²) in [5, 5.41) is 12.1. The fourth-order valence-corrected chi connectivity index (χ4v) is 3.30. The fraction of sp³-hybridized carbons (Fsp3) is 0.111. The third-order valence-electron chi connectivity index (χ3n) is 3.63. The maximum Gasteiger partial charge on any atom is 0.265 e. The zero-order chi connectivity index (χ0) is 17.1. The molecule has 1 aromatic carbocycles. The van der Waals surface area contributed by atoms with Crippen LogP contribution in [0.2, 0.25) is 0 Å². The van der Waals surface area contributed by atoms with E-state index in [-0.39, 0.29) is 18.3 Å². The Balaban J connectivity index is 1.86. The number of nitrogens with one attached hydrogen (secondary N) is 1. The van der Waals surface area contributed by atoms with Crippen molar-refractivity contribution < 1.29 is 14.3 Å². The van der Waals surface area contributed by atoms with Crippen molar-refractivity contribution >= 4 is 22.9 Å². The maximum absolute atomic E-state index is 13.1. The van der Waals surface area contributed by atoms with Gasteiger partial charge in [-0.3, -0.25) is 9.78 Å². The van der Waals surface area contributed by atoms with Gasteiger partial charge in [-0.05, 0) is 42.3 Å². The maximum atomic E-state index is 13.1. The second kappa shape index (κ2) is 6.90. The SMILES string of the molecule is Cc1sc(C(=O)Nc2cnccc2CO)cc1-c1ccc(F)cc1. The number of amides is 1. The molecule has 0 fully saturated rings. The zero-order valence-electron chi connectivity index (χ0n) is 12.9. The Kier molecular flexibility index (Phi) is 4.69. The third-order valence-corrected chi connectivity index (χ3v) is 4.68. The van der Waals surface area contributed by atoms with E-state index in [0.717, 1.165) is 16.0 Å². The standard InChI is InChI=1S/C18H15FN2O2S/c1-11-15(12-2-4-14(19)5-3-12)8-17(24-11)18(23)21-16-9-20-7-6-13(16)10-22/h2-9,22H,10H2,1H3,(H,21,23). The number of hydrogen-bond acceptors (Lipinski definition) is 4. The predicted molar refractivity (Wildman–Crippen MR) is 92.6 cm³/mol. The van der Waals surface area contributed by atoms with Crippen molar-refractivity contribution in [1.29, 1.82) is 0 Å². The molecule has 1 amide bonds. The number of aliphatic hydroxyl groups is 1. The van der Waals surface area contributed by atoms with E-state index in [1.54, 1.807) is 30.5 Å². The number of aryl methyl sites for hydroxylation is 1. The van der Waals surface area contributed by atoms with Crippen molar-refractivity contribution in [3.8, 4) is 11.1 Å². The van der Waals surface area contributed by atoms with Gasteiger partial charge in [-0.15, -0.1) is 11.3 Å². The summed E-state index contributed by atoms with van der Waals surface area (Å²) in [6.45, 7) is 1.74. The summed E-state index contributed by atoms with van der Waals surface area (Å²) in [6.07, 6.45) is 3.06. The molecule has 4 nitrogen and oxygen atoms in total. The molecule has 0 saturated carbocycles. The molecule has 0 aliphatic rings. The summed E-state index contributed by atoms with van der Waals surface area (Å²) in [5.74, 6) is -0.558. The second-order valence-corrected chi connectivity index (χ2v) is 6.49. The van der Waals surface area contributed by atoms with Crippen LogP contribution in [-0.4, -0.2) is 16.0 Å². The zero-order valence-corrected chi connectivity index (χ0v) is 13.7. The van der Waals surface area contributed by atoms with Gasteiger partial charge in [-0.1, -0.05) is 12.1 Å². The molecular weight excluding hydrogens is 327 g/mol. The molecule has 2 N–H and O–H groups in total. The van der Waals surface area contributed by atoms with Crippen molar-refractivity contribution in [2.24, 2.45) is 0 Å². The van der Waals surface area contributed by atoms with Crippen LogP contribution in [0.1, 0.15) is 20.1 Å². The van der Waals surface area contributed by atoms with E-state index in [4.69, 9.17) is 0 Å². The highest BCUT2D eigenvalue weighted by Gasteiger charge is 2.15. The monoisotopic (exact) mass is 342 g/mol. The van der Waals surface area contributed by atoms with Gasteiger partial charge in [-0.2, -0.15) is 0 Å². The lowest BCUT2D eigenvalue weighted by molar-refractivity contribution is 0.103. The Morgan fingerprint density at radius 2 is 2.04 bits per heavy atom. The average molecular weight is 342 g/mol. The number of aliphatic hydroxyl groups excluding tert-OH is 1. The van der Waals surface area contributed by atoms with Crippen molar-refractivity contribution in [3.05, 3.63) is 69.9 Å². The summed E-state index contributed by atoms with van der Waals surface area (Å²) < 4.78 is 13.1. The number of aromatic nitrogens is 1. The molecule has 3 rings (SSSR count). The minimum atomic E-state index is -0.294. The van der Waals surface area contributed by atoms with Crippen LogP contribution in [-0.2, 0) is 6.61 Å². The number of anilines is 1. The largest absolute Gasteiger partial charge is 0.392 e. The summed E-state index contributed by atoms with van der Waals surface area (Å²) in [4.78, 5) is 17.9. The molecule has 0 radical (unpaired) electrons. The minimum absolute atomic E-state index is 0.178. The van der Waals surface area contributed by atoms with Gasteiger partial charge in [0.2, 0.25) is 0 Å². The minimum Gasteiger partial charge on any atom is -0.392 e. The highest BCUT2D eigenvalue weighted by atomic mass is 32.1. The lowest BCUT2D eigenvalue weighted by Gasteiger charge is -2.07. The molecule has 0 saturated heterocycles. The highest BCUT2D eigenvalue weighted by molar-refractivity contribution is 7.14. The first-order valence-corrected chi connectivity index (χ1v) is 8.11. The third kappa shape index (κ3) is 3.34. The van der Waals surface area contributed by atoms with Crippen LogP contribution in [0.3, 0.4) is 0 Å². The van der Waals surface area contributed by atoms with Gasteiger partial charge in [0.1, 0.15) is 5.82 Å². The van der Waals surface area contributed by atoms with E-state index in [9.17, 15) is 14.3 Å². The van der Waals surface area contributed by atoms with Crippen LogP contribution in [0.4, 0.5) is 10.1 Å². The lowest BCUT2D eigenvalue weighted by atomic mass is 10.1.